The van der Waals surface area contributed by atoms with Crippen LogP contribution < -0.4 is 10.5 Å². The highest BCUT2D eigenvalue weighted by atomic mass is 32.2. The fourth-order valence-electron chi connectivity index (χ4n) is 1.01. The summed E-state index contributed by atoms with van der Waals surface area (Å²) < 4.78 is 25.0. The Hall–Kier alpha value is -1.07. The second-order valence-electron chi connectivity index (χ2n) is 3.08. The first-order chi connectivity index (χ1) is 6.53. The van der Waals surface area contributed by atoms with E-state index in [-0.39, 0.29) is 12.3 Å². The monoisotopic (exact) mass is 214 g/mol. The second kappa shape index (κ2) is 4.43. The van der Waals surface area contributed by atoms with E-state index in [2.05, 4.69) is 4.72 Å². The van der Waals surface area contributed by atoms with Crippen LogP contribution in [0.15, 0.2) is 24.3 Å². The molecule has 4 nitrogen and oxygen atoms in total. The molecule has 5 heteroatoms. The summed E-state index contributed by atoms with van der Waals surface area (Å²) in [5.41, 5.74) is 6.84. The molecule has 0 radical (unpaired) electrons. The Bertz CT molecular complexity index is 384. The quantitative estimate of drug-likeness (QED) is 0.774. The third-order valence-electron chi connectivity index (χ3n) is 1.71. The fourth-order valence-corrected chi connectivity index (χ4v) is 1.91. The maximum atomic E-state index is 11.3. The molecule has 1 aromatic carbocycles. The highest BCUT2D eigenvalue weighted by Crippen LogP contribution is 2.10. The number of nitrogens with two attached hydrogens (primary N) is 1. The number of rotatable bonds is 4. The summed E-state index contributed by atoms with van der Waals surface area (Å²) >= 11 is 0. The minimum absolute atomic E-state index is 0.0547. The zero-order valence-electron chi connectivity index (χ0n) is 8.03. The maximum Gasteiger partial charge on any atom is 0.233 e. The molecule has 0 unspecified atom stereocenters. The largest absolute Gasteiger partial charge is 0.329 e. The molecule has 1 aromatic rings. The van der Waals surface area contributed by atoms with Crippen molar-refractivity contribution in [3.8, 4) is 0 Å². The lowest BCUT2D eigenvalue weighted by molar-refractivity contribution is 0.601. The lowest BCUT2D eigenvalue weighted by Crippen LogP contribution is -2.22. The highest BCUT2D eigenvalue weighted by Gasteiger charge is 2.07. The Morgan fingerprint density at radius 3 is 2.36 bits per heavy atom. The summed E-state index contributed by atoms with van der Waals surface area (Å²) in [6.45, 7) is 2.07. The molecule has 78 valence electrons. The van der Waals surface area contributed by atoms with Crippen molar-refractivity contribution in [1.82, 2.24) is 0 Å². The van der Waals surface area contributed by atoms with E-state index in [0.717, 1.165) is 5.56 Å². The number of benzene rings is 1. The van der Waals surface area contributed by atoms with Gasteiger partial charge in [-0.2, -0.15) is 0 Å². The van der Waals surface area contributed by atoms with E-state index >= 15 is 0 Å². The van der Waals surface area contributed by atoms with Crippen molar-refractivity contribution in [2.45, 2.75) is 6.92 Å². The molecular formula is C9H14N2O2S. The number of sulfonamides is 1. The lowest BCUT2D eigenvalue weighted by Gasteiger charge is -2.06. The van der Waals surface area contributed by atoms with Gasteiger partial charge in [-0.1, -0.05) is 17.7 Å². The first-order valence-corrected chi connectivity index (χ1v) is 5.96. The van der Waals surface area contributed by atoms with E-state index in [1.165, 1.54) is 0 Å². The van der Waals surface area contributed by atoms with Crippen LogP contribution in [0.4, 0.5) is 5.69 Å². The van der Waals surface area contributed by atoms with Crippen molar-refractivity contribution in [1.29, 1.82) is 0 Å². The summed E-state index contributed by atoms with van der Waals surface area (Å²) in [4.78, 5) is 0. The Labute approximate surface area is 84.2 Å². The van der Waals surface area contributed by atoms with Crippen LogP contribution in [-0.2, 0) is 10.0 Å². The second-order valence-corrected chi connectivity index (χ2v) is 4.92. The topological polar surface area (TPSA) is 72.2 Å². The van der Waals surface area contributed by atoms with Gasteiger partial charge in [-0.3, -0.25) is 4.72 Å². The third kappa shape index (κ3) is 3.35. The van der Waals surface area contributed by atoms with Gasteiger partial charge in [0, 0.05) is 12.2 Å². The normalized spacial score (nSPS) is 11.3. The van der Waals surface area contributed by atoms with Gasteiger partial charge in [-0.15, -0.1) is 0 Å². The standard InChI is InChI=1S/C9H14N2O2S/c1-8-2-4-9(5-3-8)11-14(12,13)7-6-10/h2-5,11H,6-7,10H2,1H3. The molecule has 0 aliphatic carbocycles. The van der Waals surface area contributed by atoms with E-state index in [1.807, 2.05) is 19.1 Å². The van der Waals surface area contributed by atoms with Gasteiger partial charge in [0.05, 0.1) is 5.75 Å². The van der Waals surface area contributed by atoms with Gasteiger partial charge >= 0.3 is 0 Å². The summed E-state index contributed by atoms with van der Waals surface area (Å²) in [5.74, 6) is -0.0547. The molecule has 0 aliphatic rings. The zero-order chi connectivity index (χ0) is 10.6. The molecule has 14 heavy (non-hydrogen) atoms. The predicted molar refractivity (Wildman–Crippen MR) is 57.6 cm³/mol. The lowest BCUT2D eigenvalue weighted by atomic mass is 10.2. The van der Waals surface area contributed by atoms with Gasteiger partial charge in [0.2, 0.25) is 10.0 Å². The number of nitrogens with one attached hydrogen (secondary N) is 1. The van der Waals surface area contributed by atoms with Crippen LogP contribution in [0.5, 0.6) is 0 Å². The Morgan fingerprint density at radius 2 is 1.86 bits per heavy atom. The number of hydrogen-bond donors (Lipinski definition) is 2. The number of anilines is 1. The van der Waals surface area contributed by atoms with Gasteiger partial charge in [-0.25, -0.2) is 8.42 Å². The minimum Gasteiger partial charge on any atom is -0.329 e. The van der Waals surface area contributed by atoms with E-state index in [1.54, 1.807) is 12.1 Å². The molecule has 0 saturated heterocycles. The smallest absolute Gasteiger partial charge is 0.233 e. The summed E-state index contributed by atoms with van der Waals surface area (Å²) in [6, 6.07) is 7.15. The Balaban J connectivity index is 2.74. The molecule has 0 heterocycles. The van der Waals surface area contributed by atoms with Crippen LogP contribution in [-0.4, -0.2) is 20.7 Å². The molecule has 0 spiro atoms. The first kappa shape index (κ1) is 11.0. The molecule has 0 amide bonds. The van der Waals surface area contributed by atoms with Crippen molar-refractivity contribution in [2.75, 3.05) is 17.0 Å². The van der Waals surface area contributed by atoms with Crippen LogP contribution in [0.1, 0.15) is 5.56 Å². The van der Waals surface area contributed by atoms with Crippen molar-refractivity contribution < 1.29 is 8.42 Å². The van der Waals surface area contributed by atoms with Crippen LogP contribution in [0.2, 0.25) is 0 Å². The zero-order valence-corrected chi connectivity index (χ0v) is 8.84. The van der Waals surface area contributed by atoms with Crippen LogP contribution in [0.3, 0.4) is 0 Å². The fraction of sp³-hybridized carbons (Fsp3) is 0.333. The van der Waals surface area contributed by atoms with Crippen molar-refractivity contribution in [3.05, 3.63) is 29.8 Å². The van der Waals surface area contributed by atoms with Crippen molar-refractivity contribution in [3.63, 3.8) is 0 Å². The van der Waals surface area contributed by atoms with Crippen LogP contribution in [0.25, 0.3) is 0 Å². The molecule has 0 bridgehead atoms. The molecule has 0 fully saturated rings. The Kier molecular flexibility index (Phi) is 3.49. The van der Waals surface area contributed by atoms with E-state index < -0.39 is 10.0 Å². The van der Waals surface area contributed by atoms with Crippen LogP contribution in [0, 0.1) is 6.92 Å². The molecule has 0 aromatic heterocycles. The average Bonchev–Trinajstić information content (AvgIpc) is 2.08. The van der Waals surface area contributed by atoms with Crippen molar-refractivity contribution in [2.24, 2.45) is 5.73 Å². The van der Waals surface area contributed by atoms with E-state index in [4.69, 9.17) is 5.73 Å². The molecular weight excluding hydrogens is 200 g/mol. The highest BCUT2D eigenvalue weighted by molar-refractivity contribution is 7.92. The maximum absolute atomic E-state index is 11.3. The van der Waals surface area contributed by atoms with Crippen molar-refractivity contribution >= 4 is 15.7 Å². The number of hydrogen-bond acceptors (Lipinski definition) is 3. The third-order valence-corrected chi connectivity index (χ3v) is 3.03. The molecule has 3 N–H and O–H groups in total. The molecule has 1 rings (SSSR count). The average molecular weight is 214 g/mol. The SMILES string of the molecule is Cc1ccc(NS(=O)(=O)CCN)cc1. The molecule has 0 saturated carbocycles. The number of aryl methyl sites for hydroxylation is 1. The summed E-state index contributed by atoms with van der Waals surface area (Å²) in [6.07, 6.45) is 0. The van der Waals surface area contributed by atoms with Gasteiger partial charge in [0.25, 0.3) is 0 Å². The summed E-state index contributed by atoms with van der Waals surface area (Å²) in [5, 5.41) is 0. The molecule has 0 aliphatic heterocycles. The van der Waals surface area contributed by atoms with Gasteiger partial charge < -0.3 is 5.73 Å². The van der Waals surface area contributed by atoms with E-state index in [9.17, 15) is 8.42 Å². The van der Waals surface area contributed by atoms with Gasteiger partial charge in [0.1, 0.15) is 0 Å². The Morgan fingerprint density at radius 1 is 1.29 bits per heavy atom. The van der Waals surface area contributed by atoms with Gasteiger partial charge in [-0.05, 0) is 19.1 Å². The minimum atomic E-state index is -3.27. The van der Waals surface area contributed by atoms with Crippen LogP contribution >= 0.6 is 0 Å². The molecule has 0 atom stereocenters. The first-order valence-electron chi connectivity index (χ1n) is 4.31. The van der Waals surface area contributed by atoms with E-state index in [0.29, 0.717) is 5.69 Å². The summed E-state index contributed by atoms with van der Waals surface area (Å²) in [7, 11) is -3.27. The predicted octanol–water partition coefficient (Wildman–Crippen LogP) is 0.695. The van der Waals surface area contributed by atoms with Gasteiger partial charge in [0.15, 0.2) is 0 Å².